The summed E-state index contributed by atoms with van der Waals surface area (Å²) >= 11 is 0. The van der Waals surface area contributed by atoms with E-state index in [-0.39, 0.29) is 37.6 Å². The van der Waals surface area contributed by atoms with E-state index in [4.69, 9.17) is 5.73 Å². The first-order valence-electron chi connectivity index (χ1n) is 10.7. The van der Waals surface area contributed by atoms with Crippen molar-refractivity contribution < 1.29 is 37.1 Å². The summed E-state index contributed by atoms with van der Waals surface area (Å²) in [5.74, 6) is -3.06. The molecule has 37 heavy (non-hydrogen) atoms. The van der Waals surface area contributed by atoms with Gasteiger partial charge in [0.15, 0.2) is 5.69 Å². The van der Waals surface area contributed by atoms with Crippen LogP contribution >= 0.6 is 0 Å². The van der Waals surface area contributed by atoms with Crippen LogP contribution in [0.3, 0.4) is 0 Å². The fourth-order valence-corrected chi connectivity index (χ4v) is 3.49. The quantitative estimate of drug-likeness (QED) is 0.500. The summed E-state index contributed by atoms with van der Waals surface area (Å²) in [5, 5.41) is 16.3. The number of nitrogens with two attached hydrogens (primary N) is 1. The van der Waals surface area contributed by atoms with E-state index in [1.165, 1.54) is 35.4 Å². The fraction of sp³-hybridized carbons (Fsp3) is 0.217. The molecule has 0 unspecified atom stereocenters. The van der Waals surface area contributed by atoms with E-state index in [1.807, 2.05) is 0 Å². The number of benzene rings is 1. The molecule has 0 saturated carbocycles. The zero-order valence-corrected chi connectivity index (χ0v) is 19.0. The van der Waals surface area contributed by atoms with Crippen LogP contribution in [-0.4, -0.2) is 69.2 Å². The van der Waals surface area contributed by atoms with Crippen LogP contribution in [0, 0.1) is 5.82 Å². The van der Waals surface area contributed by atoms with Crippen LogP contribution in [0.4, 0.5) is 23.2 Å². The Labute approximate surface area is 207 Å². The summed E-state index contributed by atoms with van der Waals surface area (Å²) in [6.45, 7) is 0.858. The van der Waals surface area contributed by atoms with Crippen molar-refractivity contribution in [3.05, 3.63) is 83.2 Å². The minimum atomic E-state index is -4.62. The monoisotopic (exact) mass is 520 g/mol. The van der Waals surface area contributed by atoms with Crippen molar-refractivity contribution in [1.82, 2.24) is 20.1 Å². The van der Waals surface area contributed by atoms with E-state index < -0.39 is 40.9 Å². The van der Waals surface area contributed by atoms with E-state index >= 15 is 0 Å². The number of piperazine rings is 1. The Kier molecular flexibility index (Phi) is 8.32. The molecule has 2 amide bonds. The third-order valence-corrected chi connectivity index (χ3v) is 5.25. The molecule has 0 atom stereocenters. The number of hydrogen-bond acceptors (Lipinski definition) is 7. The predicted octanol–water partition coefficient (Wildman–Crippen LogP) is 2.48. The van der Waals surface area contributed by atoms with Crippen LogP contribution in [0.25, 0.3) is 0 Å². The lowest BCUT2D eigenvalue weighted by molar-refractivity contribution is -0.138. The Hall–Kier alpha value is -4.62. The van der Waals surface area contributed by atoms with Gasteiger partial charge in [0.05, 0.1) is 29.2 Å². The highest BCUT2D eigenvalue weighted by atomic mass is 19.4. The van der Waals surface area contributed by atoms with Gasteiger partial charge in [0.1, 0.15) is 11.5 Å². The molecule has 4 rings (SSSR count). The fourth-order valence-electron chi connectivity index (χ4n) is 3.49. The van der Waals surface area contributed by atoms with Gasteiger partial charge in [-0.3, -0.25) is 9.59 Å². The number of halogens is 4. The van der Waals surface area contributed by atoms with Crippen molar-refractivity contribution in [3.8, 4) is 0 Å². The molecule has 0 aliphatic carbocycles. The summed E-state index contributed by atoms with van der Waals surface area (Å²) < 4.78 is 51.5. The smallest absolute Gasteiger partial charge is 0.417 e. The number of carbonyl (C=O) groups is 3. The molecule has 0 bridgehead atoms. The van der Waals surface area contributed by atoms with Crippen LogP contribution in [0.2, 0.25) is 0 Å². The molecule has 10 nitrogen and oxygen atoms in total. The van der Waals surface area contributed by atoms with Gasteiger partial charge in [-0.15, -0.1) is 5.10 Å². The number of nitrogens with zero attached hydrogens (tertiary/aromatic N) is 5. The van der Waals surface area contributed by atoms with Crippen molar-refractivity contribution in [2.75, 3.05) is 31.1 Å². The van der Waals surface area contributed by atoms with Crippen molar-refractivity contribution in [1.29, 1.82) is 0 Å². The summed E-state index contributed by atoms with van der Waals surface area (Å²) in [6.07, 6.45) is -2.31. The topological polar surface area (TPSA) is 143 Å². The van der Waals surface area contributed by atoms with E-state index in [0.717, 1.165) is 24.4 Å². The first-order valence-corrected chi connectivity index (χ1v) is 10.7. The second-order valence-electron chi connectivity index (χ2n) is 7.62. The first kappa shape index (κ1) is 27.0. The number of hydrogen-bond donors (Lipinski definition) is 2. The highest BCUT2D eigenvalue weighted by molar-refractivity contribution is 5.96. The van der Waals surface area contributed by atoms with Gasteiger partial charge in [0, 0.05) is 26.2 Å². The van der Waals surface area contributed by atoms with Crippen LogP contribution in [-0.2, 0) is 6.18 Å². The number of amides is 2. The molecular formula is C23H20F4N6O4. The molecule has 1 aromatic carbocycles. The molecule has 3 aromatic rings. The van der Waals surface area contributed by atoms with Crippen LogP contribution in [0.1, 0.15) is 36.9 Å². The van der Waals surface area contributed by atoms with Gasteiger partial charge in [-0.05, 0) is 30.3 Å². The van der Waals surface area contributed by atoms with Crippen molar-refractivity contribution in [2.45, 2.75) is 6.18 Å². The Balaban J connectivity index is 0.000000319. The van der Waals surface area contributed by atoms with Gasteiger partial charge in [0.25, 0.3) is 11.8 Å². The number of rotatable bonds is 4. The highest BCUT2D eigenvalue weighted by Crippen LogP contribution is 2.32. The number of aromatic nitrogens is 3. The number of carboxylic acids is 1. The van der Waals surface area contributed by atoms with E-state index in [2.05, 4.69) is 15.2 Å². The summed E-state index contributed by atoms with van der Waals surface area (Å²) in [4.78, 5) is 40.7. The first-order chi connectivity index (χ1) is 17.5. The summed E-state index contributed by atoms with van der Waals surface area (Å²) in [7, 11) is 0. The number of aromatic carboxylic acids is 1. The number of pyridine rings is 1. The Morgan fingerprint density at radius 3 is 2.22 bits per heavy atom. The van der Waals surface area contributed by atoms with Gasteiger partial charge >= 0.3 is 12.1 Å². The third-order valence-electron chi connectivity index (χ3n) is 5.25. The molecule has 2 aromatic heterocycles. The standard InChI is InChI=1S/C17H15F3N4O3.C6H5FN2O/c18-17(19,20)12-4-2-1-3-11(12)15(25)24-9-7-23(8-10-24)13-5-6-21-22-14(13)16(26)27;7-4-1-2-5(6(8)10)9-3-4/h1-6H,7-10H2,(H,26,27);1-3H,(H2,8,10). The van der Waals surface area contributed by atoms with E-state index in [0.29, 0.717) is 5.69 Å². The van der Waals surface area contributed by atoms with Gasteiger partial charge in [0.2, 0.25) is 0 Å². The largest absolute Gasteiger partial charge is 0.476 e. The third kappa shape index (κ3) is 6.74. The van der Waals surface area contributed by atoms with E-state index in [9.17, 15) is 37.1 Å². The molecule has 3 N–H and O–H groups in total. The van der Waals surface area contributed by atoms with Crippen molar-refractivity contribution >= 4 is 23.5 Å². The van der Waals surface area contributed by atoms with Gasteiger partial charge in [-0.2, -0.15) is 18.3 Å². The Bertz CT molecular complexity index is 1280. The normalized spacial score (nSPS) is 13.4. The average Bonchev–Trinajstić information content (AvgIpc) is 2.88. The highest BCUT2D eigenvalue weighted by Gasteiger charge is 2.36. The molecule has 1 aliphatic heterocycles. The average molecular weight is 520 g/mol. The lowest BCUT2D eigenvalue weighted by Crippen LogP contribution is -2.49. The maximum absolute atomic E-state index is 13.1. The number of anilines is 1. The number of alkyl halides is 3. The lowest BCUT2D eigenvalue weighted by Gasteiger charge is -2.36. The zero-order valence-electron chi connectivity index (χ0n) is 19.0. The van der Waals surface area contributed by atoms with Gasteiger partial charge < -0.3 is 20.6 Å². The Morgan fingerprint density at radius 2 is 1.65 bits per heavy atom. The van der Waals surface area contributed by atoms with Gasteiger partial charge in [-0.25, -0.2) is 14.2 Å². The minimum Gasteiger partial charge on any atom is -0.476 e. The molecule has 14 heteroatoms. The number of carbonyl (C=O) groups excluding carboxylic acids is 2. The van der Waals surface area contributed by atoms with Crippen LogP contribution in [0.5, 0.6) is 0 Å². The molecule has 1 fully saturated rings. The second kappa shape index (κ2) is 11.4. The van der Waals surface area contributed by atoms with Gasteiger partial charge in [-0.1, -0.05) is 12.1 Å². The number of carboxylic acid groups (broad SMARTS) is 1. The SMILES string of the molecule is NC(=O)c1ccc(F)cn1.O=C(O)c1nnccc1N1CCN(C(=O)c2ccccc2C(F)(F)F)CC1. The predicted molar refractivity (Wildman–Crippen MR) is 121 cm³/mol. The number of primary amides is 1. The van der Waals surface area contributed by atoms with Crippen molar-refractivity contribution in [3.63, 3.8) is 0 Å². The van der Waals surface area contributed by atoms with Crippen LogP contribution < -0.4 is 10.6 Å². The van der Waals surface area contributed by atoms with Crippen molar-refractivity contribution in [2.24, 2.45) is 5.73 Å². The lowest BCUT2D eigenvalue weighted by atomic mass is 10.1. The molecule has 3 heterocycles. The maximum Gasteiger partial charge on any atom is 0.417 e. The maximum atomic E-state index is 13.1. The van der Waals surface area contributed by atoms with E-state index in [1.54, 1.807) is 4.90 Å². The molecule has 0 spiro atoms. The minimum absolute atomic E-state index is 0.0707. The zero-order chi connectivity index (χ0) is 27.2. The molecule has 1 saturated heterocycles. The summed E-state index contributed by atoms with van der Waals surface area (Å²) in [5.41, 5.74) is 3.70. The molecule has 194 valence electrons. The second-order valence-corrected chi connectivity index (χ2v) is 7.62. The molecule has 0 radical (unpaired) electrons. The van der Waals surface area contributed by atoms with Crippen LogP contribution in [0.15, 0.2) is 54.9 Å². The molecule has 1 aliphatic rings. The summed E-state index contributed by atoms with van der Waals surface area (Å²) in [6, 6.07) is 8.54. The molecular weight excluding hydrogens is 500 g/mol. The Morgan fingerprint density at radius 1 is 0.973 bits per heavy atom.